The highest BCUT2D eigenvalue weighted by Crippen LogP contribution is 2.27. The Morgan fingerprint density at radius 2 is 2.29 bits per heavy atom. The molecule has 5 heteroatoms. The zero-order valence-electron chi connectivity index (χ0n) is 7.47. The van der Waals surface area contributed by atoms with E-state index < -0.39 is 11.7 Å². The molecule has 1 aromatic carbocycles. The molecule has 0 aliphatic heterocycles. The number of amides is 1. The van der Waals surface area contributed by atoms with Gasteiger partial charge in [0.2, 0.25) is 5.69 Å². The number of carbonyl (C=O) groups is 1. The van der Waals surface area contributed by atoms with Gasteiger partial charge in [-0.05, 0) is 0 Å². The summed E-state index contributed by atoms with van der Waals surface area (Å²) in [6.07, 6.45) is 0. The highest BCUT2D eigenvalue weighted by atomic mass is 19.1. The third-order valence-corrected chi connectivity index (χ3v) is 1.75. The number of hydrogen-bond acceptors (Lipinski definition) is 2. The molecule has 3 N–H and O–H groups in total. The van der Waals surface area contributed by atoms with Gasteiger partial charge in [-0.1, -0.05) is 12.1 Å². The fraction of sp³-hybridized carbons (Fsp3) is 0.111. The van der Waals surface area contributed by atoms with E-state index in [-0.39, 0.29) is 16.9 Å². The molecular formula is C9H8FN3O. The first-order chi connectivity index (χ1) is 6.61. The zero-order valence-corrected chi connectivity index (χ0v) is 7.47. The Bertz CT molecular complexity index is 423. The predicted molar refractivity (Wildman–Crippen MR) is 50.5 cm³/mol. The van der Waals surface area contributed by atoms with Crippen molar-refractivity contribution in [3.05, 3.63) is 34.9 Å². The van der Waals surface area contributed by atoms with E-state index in [1.807, 2.05) is 0 Å². The number of nitrogens with two attached hydrogens (primary N) is 1. The van der Waals surface area contributed by atoms with Crippen LogP contribution in [0.3, 0.4) is 0 Å². The summed E-state index contributed by atoms with van der Waals surface area (Å²) in [5.74, 6) is -1.41. The van der Waals surface area contributed by atoms with Crippen molar-refractivity contribution >= 4 is 17.3 Å². The van der Waals surface area contributed by atoms with E-state index in [0.717, 1.165) is 0 Å². The molecule has 0 atom stereocenters. The molecule has 0 fully saturated rings. The van der Waals surface area contributed by atoms with Gasteiger partial charge in [0, 0.05) is 7.05 Å². The van der Waals surface area contributed by atoms with Crippen LogP contribution in [0.1, 0.15) is 10.4 Å². The topological polar surface area (TPSA) is 59.5 Å². The van der Waals surface area contributed by atoms with Crippen LogP contribution < -0.4 is 11.1 Å². The second-order valence-electron chi connectivity index (χ2n) is 2.55. The minimum Gasteiger partial charge on any atom is -0.405 e. The summed E-state index contributed by atoms with van der Waals surface area (Å²) in [7, 11) is 1.39. The lowest BCUT2D eigenvalue weighted by molar-refractivity contribution is 0.0959. The average molecular weight is 193 g/mol. The Hall–Kier alpha value is -2.09. The maximum absolute atomic E-state index is 13.4. The number of nitrogen functional groups attached to an aromatic ring is 1. The summed E-state index contributed by atoms with van der Waals surface area (Å²) in [6.45, 7) is 6.68. The second kappa shape index (κ2) is 3.75. The van der Waals surface area contributed by atoms with Crippen LogP contribution in [0.5, 0.6) is 0 Å². The van der Waals surface area contributed by atoms with Gasteiger partial charge in [0.05, 0.1) is 17.8 Å². The summed E-state index contributed by atoms with van der Waals surface area (Å²) in [5.41, 5.74) is 4.88. The minimum absolute atomic E-state index is 0.00940. The largest absolute Gasteiger partial charge is 0.405 e. The minimum atomic E-state index is -0.849. The van der Waals surface area contributed by atoms with Gasteiger partial charge in [0.15, 0.2) is 0 Å². The van der Waals surface area contributed by atoms with Crippen LogP contribution in [0.25, 0.3) is 4.85 Å². The van der Waals surface area contributed by atoms with Crippen molar-refractivity contribution in [2.24, 2.45) is 0 Å². The molecule has 1 rings (SSSR count). The SMILES string of the molecule is [C-]#[N+]c1ccc(C(=O)NC)c(F)c1N. The van der Waals surface area contributed by atoms with E-state index in [1.165, 1.54) is 19.2 Å². The van der Waals surface area contributed by atoms with Crippen LogP contribution in [0, 0.1) is 12.4 Å². The van der Waals surface area contributed by atoms with Crippen LogP contribution in [-0.2, 0) is 0 Å². The lowest BCUT2D eigenvalue weighted by Crippen LogP contribution is -2.19. The molecule has 0 aliphatic carbocycles. The lowest BCUT2D eigenvalue weighted by atomic mass is 10.1. The molecule has 0 saturated carbocycles. The fourth-order valence-electron chi connectivity index (χ4n) is 0.990. The Morgan fingerprint density at radius 3 is 2.79 bits per heavy atom. The van der Waals surface area contributed by atoms with Gasteiger partial charge in [-0.2, -0.15) is 0 Å². The number of anilines is 1. The average Bonchev–Trinajstić information content (AvgIpc) is 2.21. The van der Waals surface area contributed by atoms with E-state index in [1.54, 1.807) is 0 Å². The number of hydrogen-bond donors (Lipinski definition) is 2. The molecular weight excluding hydrogens is 185 g/mol. The number of nitrogens with zero attached hydrogens (tertiary/aromatic N) is 1. The molecule has 0 spiro atoms. The number of benzene rings is 1. The first-order valence-corrected chi connectivity index (χ1v) is 3.79. The first kappa shape index (κ1) is 9.99. The van der Waals surface area contributed by atoms with Crippen molar-refractivity contribution in [1.82, 2.24) is 5.32 Å². The van der Waals surface area contributed by atoms with Gasteiger partial charge in [0.1, 0.15) is 5.82 Å². The van der Waals surface area contributed by atoms with Crippen LogP contribution in [0.2, 0.25) is 0 Å². The fourth-order valence-corrected chi connectivity index (χ4v) is 0.990. The highest BCUT2D eigenvalue weighted by molar-refractivity contribution is 5.96. The molecule has 14 heavy (non-hydrogen) atoms. The molecule has 4 nitrogen and oxygen atoms in total. The van der Waals surface area contributed by atoms with Crippen molar-refractivity contribution < 1.29 is 9.18 Å². The molecule has 0 aliphatic rings. The Balaban J connectivity index is 3.33. The normalized spacial score (nSPS) is 9.21. The van der Waals surface area contributed by atoms with E-state index in [9.17, 15) is 9.18 Å². The summed E-state index contributed by atoms with van der Waals surface area (Å²) >= 11 is 0. The second-order valence-corrected chi connectivity index (χ2v) is 2.55. The third-order valence-electron chi connectivity index (χ3n) is 1.75. The van der Waals surface area contributed by atoms with Crippen molar-refractivity contribution in [2.45, 2.75) is 0 Å². The van der Waals surface area contributed by atoms with E-state index in [2.05, 4.69) is 10.2 Å². The first-order valence-electron chi connectivity index (χ1n) is 3.79. The molecule has 1 amide bonds. The molecule has 0 bridgehead atoms. The summed E-state index contributed by atoms with van der Waals surface area (Å²) in [5, 5.41) is 2.27. The van der Waals surface area contributed by atoms with Gasteiger partial charge < -0.3 is 11.1 Å². The highest BCUT2D eigenvalue weighted by Gasteiger charge is 2.14. The predicted octanol–water partition coefficient (Wildman–Crippen LogP) is 1.32. The van der Waals surface area contributed by atoms with Crippen molar-refractivity contribution in [3.8, 4) is 0 Å². The molecule has 1 aromatic rings. The van der Waals surface area contributed by atoms with E-state index in [0.29, 0.717) is 0 Å². The van der Waals surface area contributed by atoms with Crippen LogP contribution in [-0.4, -0.2) is 13.0 Å². The lowest BCUT2D eigenvalue weighted by Gasteiger charge is -2.05. The van der Waals surface area contributed by atoms with E-state index >= 15 is 0 Å². The summed E-state index contributed by atoms with van der Waals surface area (Å²) in [4.78, 5) is 14.1. The number of nitrogens with one attached hydrogen (secondary N) is 1. The quantitative estimate of drug-likeness (QED) is 0.522. The monoisotopic (exact) mass is 193 g/mol. The molecule has 0 heterocycles. The van der Waals surface area contributed by atoms with Crippen molar-refractivity contribution in [2.75, 3.05) is 12.8 Å². The third kappa shape index (κ3) is 1.50. The van der Waals surface area contributed by atoms with Gasteiger partial charge in [0.25, 0.3) is 5.91 Å². The number of carbonyl (C=O) groups excluding carboxylic acids is 1. The summed E-state index contributed by atoms with van der Waals surface area (Å²) in [6, 6.07) is 2.55. The Labute approximate surface area is 80.3 Å². The van der Waals surface area contributed by atoms with Gasteiger partial charge in [-0.25, -0.2) is 9.24 Å². The smallest absolute Gasteiger partial charge is 0.253 e. The Kier molecular flexibility index (Phi) is 2.67. The molecule has 0 unspecified atom stereocenters. The molecule has 0 saturated heterocycles. The number of rotatable bonds is 1. The maximum Gasteiger partial charge on any atom is 0.253 e. The standard InChI is InChI=1S/C9H8FN3O/c1-12-6-4-3-5(9(14)13-2)7(10)8(6)11/h3-4H,11H2,2H3,(H,13,14). The molecule has 0 aromatic heterocycles. The van der Waals surface area contributed by atoms with Crippen LogP contribution in [0.15, 0.2) is 12.1 Å². The molecule has 72 valence electrons. The van der Waals surface area contributed by atoms with Gasteiger partial charge >= 0.3 is 0 Å². The molecule has 0 radical (unpaired) electrons. The zero-order chi connectivity index (χ0) is 10.7. The van der Waals surface area contributed by atoms with E-state index in [4.69, 9.17) is 12.3 Å². The van der Waals surface area contributed by atoms with Crippen LogP contribution in [0.4, 0.5) is 15.8 Å². The maximum atomic E-state index is 13.4. The Morgan fingerprint density at radius 1 is 1.64 bits per heavy atom. The van der Waals surface area contributed by atoms with Crippen LogP contribution >= 0.6 is 0 Å². The summed E-state index contributed by atoms with van der Waals surface area (Å²) < 4.78 is 13.4. The van der Waals surface area contributed by atoms with Gasteiger partial charge in [-0.15, -0.1) is 0 Å². The van der Waals surface area contributed by atoms with Crippen molar-refractivity contribution in [1.29, 1.82) is 0 Å². The van der Waals surface area contributed by atoms with Gasteiger partial charge in [-0.3, -0.25) is 4.79 Å². The van der Waals surface area contributed by atoms with Crippen molar-refractivity contribution in [3.63, 3.8) is 0 Å². The number of halogens is 1.